The maximum absolute atomic E-state index is 13.3. The fraction of sp³-hybridized carbons (Fsp3) is 0.143. The van der Waals surface area contributed by atoms with E-state index in [1.54, 1.807) is 18.3 Å². The monoisotopic (exact) mass is 293 g/mol. The highest BCUT2D eigenvalue weighted by atomic mass is 35.5. The number of benzene rings is 1. The lowest BCUT2D eigenvalue weighted by Crippen LogP contribution is -2.13. The second-order valence-corrected chi connectivity index (χ2v) is 4.45. The van der Waals surface area contributed by atoms with Crippen LogP contribution in [0.3, 0.4) is 0 Å². The normalized spacial score (nSPS) is 10.2. The predicted octanol–water partition coefficient (Wildman–Crippen LogP) is 3.56. The molecule has 1 amide bonds. The Morgan fingerprint density at radius 2 is 2.05 bits per heavy atom. The van der Waals surface area contributed by atoms with E-state index < -0.39 is 11.7 Å². The third-order valence-electron chi connectivity index (χ3n) is 2.55. The Morgan fingerprint density at radius 1 is 1.30 bits per heavy atom. The van der Waals surface area contributed by atoms with E-state index in [-0.39, 0.29) is 10.7 Å². The van der Waals surface area contributed by atoms with Gasteiger partial charge in [0.25, 0.3) is 5.91 Å². The molecule has 0 fully saturated rings. The minimum Gasteiger partial charge on any atom is -0.384 e. The van der Waals surface area contributed by atoms with Crippen LogP contribution in [0.25, 0.3) is 0 Å². The minimum absolute atomic E-state index is 0.0103. The van der Waals surface area contributed by atoms with E-state index in [1.807, 2.05) is 6.92 Å². The Kier molecular flexibility index (Phi) is 4.53. The molecule has 0 aliphatic carbocycles. The number of pyridine rings is 1. The maximum Gasteiger partial charge on any atom is 0.274 e. The summed E-state index contributed by atoms with van der Waals surface area (Å²) < 4.78 is 13.3. The van der Waals surface area contributed by atoms with Crippen molar-refractivity contribution in [1.29, 1.82) is 0 Å². The molecule has 0 saturated heterocycles. The van der Waals surface area contributed by atoms with Crippen LogP contribution in [0.5, 0.6) is 0 Å². The van der Waals surface area contributed by atoms with Gasteiger partial charge in [0.15, 0.2) is 0 Å². The Bertz CT molecular complexity index is 616. The largest absolute Gasteiger partial charge is 0.384 e. The van der Waals surface area contributed by atoms with Crippen molar-refractivity contribution in [2.45, 2.75) is 6.92 Å². The van der Waals surface area contributed by atoms with Gasteiger partial charge in [-0.3, -0.25) is 4.79 Å². The van der Waals surface area contributed by atoms with Gasteiger partial charge in [-0.2, -0.15) is 0 Å². The molecule has 0 saturated carbocycles. The van der Waals surface area contributed by atoms with Gasteiger partial charge in [-0.05, 0) is 37.3 Å². The van der Waals surface area contributed by atoms with Gasteiger partial charge >= 0.3 is 0 Å². The number of hydrogen-bond acceptors (Lipinski definition) is 3. The van der Waals surface area contributed by atoms with Gasteiger partial charge in [-0.15, -0.1) is 0 Å². The zero-order valence-corrected chi connectivity index (χ0v) is 11.5. The number of aromatic nitrogens is 1. The molecule has 1 heterocycles. The molecular formula is C14H13ClFN3O. The first-order valence-corrected chi connectivity index (χ1v) is 6.44. The van der Waals surface area contributed by atoms with E-state index in [2.05, 4.69) is 15.6 Å². The third-order valence-corrected chi connectivity index (χ3v) is 2.86. The molecule has 104 valence electrons. The number of hydrogen-bond donors (Lipinski definition) is 2. The summed E-state index contributed by atoms with van der Waals surface area (Å²) in [5.41, 5.74) is 1.41. The van der Waals surface area contributed by atoms with Crippen LogP contribution in [0.4, 0.5) is 15.8 Å². The lowest BCUT2D eigenvalue weighted by molar-refractivity contribution is 0.102. The quantitative estimate of drug-likeness (QED) is 0.906. The summed E-state index contributed by atoms with van der Waals surface area (Å²) in [5.74, 6) is -0.991. The number of halogens is 2. The molecule has 0 aliphatic rings. The van der Waals surface area contributed by atoms with Crippen LogP contribution >= 0.6 is 11.6 Å². The highest BCUT2D eigenvalue weighted by molar-refractivity contribution is 6.30. The number of nitrogens with zero attached hydrogens (tertiary/aromatic N) is 1. The van der Waals surface area contributed by atoms with Crippen molar-refractivity contribution < 1.29 is 9.18 Å². The number of carbonyl (C=O) groups is 1. The standard InChI is InChI=1S/C14H13ClFN3O/c1-2-17-10-4-6-13(18-8-10)14(20)19-9-3-5-11(15)12(16)7-9/h3-8,17H,2H2,1H3,(H,19,20). The van der Waals surface area contributed by atoms with Crippen LogP contribution < -0.4 is 10.6 Å². The third kappa shape index (κ3) is 3.45. The molecule has 1 aromatic heterocycles. The number of anilines is 2. The van der Waals surface area contributed by atoms with Crippen molar-refractivity contribution in [2.24, 2.45) is 0 Å². The van der Waals surface area contributed by atoms with Crippen molar-refractivity contribution in [2.75, 3.05) is 17.2 Å². The van der Waals surface area contributed by atoms with E-state index >= 15 is 0 Å². The summed E-state index contributed by atoms with van der Waals surface area (Å²) in [7, 11) is 0. The molecule has 20 heavy (non-hydrogen) atoms. The smallest absolute Gasteiger partial charge is 0.274 e. The molecule has 0 atom stereocenters. The SMILES string of the molecule is CCNc1ccc(C(=O)Nc2ccc(Cl)c(F)c2)nc1. The van der Waals surface area contributed by atoms with Crippen LogP contribution in [0.1, 0.15) is 17.4 Å². The molecule has 1 aromatic carbocycles. The zero-order valence-electron chi connectivity index (χ0n) is 10.8. The predicted molar refractivity (Wildman–Crippen MR) is 77.8 cm³/mol. The fourth-order valence-electron chi connectivity index (χ4n) is 1.61. The molecule has 0 radical (unpaired) electrons. The first-order valence-electron chi connectivity index (χ1n) is 6.06. The number of amides is 1. The minimum atomic E-state index is -0.583. The van der Waals surface area contributed by atoms with E-state index in [0.29, 0.717) is 5.69 Å². The summed E-state index contributed by atoms with van der Waals surface area (Å²) in [4.78, 5) is 16.0. The molecule has 2 N–H and O–H groups in total. The van der Waals surface area contributed by atoms with Gasteiger partial charge in [-0.1, -0.05) is 11.6 Å². The van der Waals surface area contributed by atoms with Crippen molar-refractivity contribution in [3.8, 4) is 0 Å². The Labute approximate surface area is 121 Å². The van der Waals surface area contributed by atoms with Crippen molar-refractivity contribution in [3.05, 3.63) is 53.1 Å². The molecule has 0 bridgehead atoms. The van der Waals surface area contributed by atoms with E-state index in [9.17, 15) is 9.18 Å². The Balaban J connectivity index is 2.09. The van der Waals surface area contributed by atoms with Crippen LogP contribution in [0, 0.1) is 5.82 Å². The lowest BCUT2D eigenvalue weighted by Gasteiger charge is -2.06. The number of rotatable bonds is 4. The van der Waals surface area contributed by atoms with E-state index in [0.717, 1.165) is 18.3 Å². The van der Waals surface area contributed by atoms with Crippen LogP contribution in [-0.4, -0.2) is 17.4 Å². The average molecular weight is 294 g/mol. The molecular weight excluding hydrogens is 281 g/mol. The van der Waals surface area contributed by atoms with Crippen molar-refractivity contribution in [3.63, 3.8) is 0 Å². The van der Waals surface area contributed by atoms with Gasteiger partial charge in [0.05, 0.1) is 16.9 Å². The molecule has 0 unspecified atom stereocenters. The van der Waals surface area contributed by atoms with Gasteiger partial charge in [-0.25, -0.2) is 9.37 Å². The molecule has 0 spiro atoms. The van der Waals surface area contributed by atoms with Crippen LogP contribution in [-0.2, 0) is 0 Å². The van der Waals surface area contributed by atoms with E-state index in [4.69, 9.17) is 11.6 Å². The Morgan fingerprint density at radius 3 is 2.65 bits per heavy atom. The fourth-order valence-corrected chi connectivity index (χ4v) is 1.72. The lowest BCUT2D eigenvalue weighted by atomic mass is 10.2. The second kappa shape index (κ2) is 6.34. The molecule has 2 aromatic rings. The molecule has 2 rings (SSSR count). The average Bonchev–Trinajstić information content (AvgIpc) is 2.44. The topological polar surface area (TPSA) is 54.0 Å². The zero-order chi connectivity index (χ0) is 14.5. The van der Waals surface area contributed by atoms with E-state index in [1.165, 1.54) is 12.1 Å². The van der Waals surface area contributed by atoms with Crippen molar-refractivity contribution >= 4 is 28.9 Å². The summed E-state index contributed by atoms with van der Waals surface area (Å²) >= 11 is 5.57. The van der Waals surface area contributed by atoms with Crippen LogP contribution in [0.15, 0.2) is 36.5 Å². The first-order chi connectivity index (χ1) is 9.60. The van der Waals surface area contributed by atoms with Gasteiger partial charge < -0.3 is 10.6 Å². The highest BCUT2D eigenvalue weighted by Crippen LogP contribution is 2.19. The van der Waals surface area contributed by atoms with Gasteiger partial charge in [0.1, 0.15) is 11.5 Å². The number of nitrogens with one attached hydrogen (secondary N) is 2. The summed E-state index contributed by atoms with van der Waals surface area (Å²) in [5, 5.41) is 5.65. The second-order valence-electron chi connectivity index (χ2n) is 4.05. The maximum atomic E-state index is 13.3. The molecule has 4 nitrogen and oxygen atoms in total. The molecule has 6 heteroatoms. The van der Waals surface area contributed by atoms with Gasteiger partial charge in [0, 0.05) is 12.2 Å². The van der Waals surface area contributed by atoms with Crippen molar-refractivity contribution in [1.82, 2.24) is 4.98 Å². The Hall–Kier alpha value is -2.14. The summed E-state index contributed by atoms with van der Waals surface area (Å²) in [6.45, 7) is 2.74. The van der Waals surface area contributed by atoms with Crippen LogP contribution in [0.2, 0.25) is 5.02 Å². The van der Waals surface area contributed by atoms with Gasteiger partial charge in [0.2, 0.25) is 0 Å². The highest BCUT2D eigenvalue weighted by Gasteiger charge is 2.09. The first kappa shape index (κ1) is 14.3. The molecule has 0 aliphatic heterocycles. The number of carbonyl (C=O) groups excluding carboxylic acids is 1. The summed E-state index contributed by atoms with van der Waals surface area (Å²) in [6, 6.07) is 7.42. The summed E-state index contributed by atoms with van der Waals surface area (Å²) in [6.07, 6.45) is 1.57.